The molecule has 0 amide bonds. The van der Waals surface area contributed by atoms with Gasteiger partial charge in [-0.3, -0.25) is 0 Å². The fraction of sp³-hybridized carbons (Fsp3) is 0.100. The van der Waals surface area contributed by atoms with Crippen LogP contribution in [0.5, 0.6) is 11.5 Å². The van der Waals surface area contributed by atoms with Crippen LogP contribution in [-0.4, -0.2) is 19.2 Å². The van der Waals surface area contributed by atoms with Gasteiger partial charge in [-0.25, -0.2) is 9.78 Å². The molecule has 0 aliphatic carbocycles. The van der Waals surface area contributed by atoms with Gasteiger partial charge >= 0.3 is 10.6 Å². The number of fused-ring (bicyclic) bond motifs is 4. The van der Waals surface area contributed by atoms with Crippen molar-refractivity contribution in [2.45, 2.75) is 0 Å². The van der Waals surface area contributed by atoms with Crippen LogP contribution in [-0.2, 0) is 0 Å². The van der Waals surface area contributed by atoms with Gasteiger partial charge in [0.25, 0.3) is 0 Å². The smallest absolute Gasteiger partial charge is 0.348 e. The fourth-order valence-electron chi connectivity index (χ4n) is 3.26. The SMILES string of the molecule is COc1ccc2c(c1)sc1[nH]c(-c3cc4cccc(OC)c4oc3=O)c[n+]12. The Morgan fingerprint density at radius 3 is 2.81 bits per heavy atom. The second kappa shape index (κ2) is 5.85. The van der Waals surface area contributed by atoms with Crippen LogP contribution < -0.4 is 19.5 Å². The Balaban J connectivity index is 1.71. The van der Waals surface area contributed by atoms with E-state index in [0.717, 1.165) is 26.3 Å². The lowest BCUT2D eigenvalue weighted by atomic mass is 10.1. The molecular formula is C20H15N2O4S+. The first-order valence-electron chi connectivity index (χ1n) is 8.30. The molecule has 0 aliphatic heterocycles. The van der Waals surface area contributed by atoms with Gasteiger partial charge in [-0.15, -0.1) is 0 Å². The first kappa shape index (κ1) is 15.9. The number of benzene rings is 2. The van der Waals surface area contributed by atoms with E-state index in [1.165, 1.54) is 0 Å². The molecule has 0 unspecified atom stereocenters. The van der Waals surface area contributed by atoms with Crippen molar-refractivity contribution in [1.82, 2.24) is 4.98 Å². The summed E-state index contributed by atoms with van der Waals surface area (Å²) in [6.07, 6.45) is 1.92. The molecule has 134 valence electrons. The highest BCUT2D eigenvalue weighted by atomic mass is 32.1. The van der Waals surface area contributed by atoms with Gasteiger partial charge in [0.05, 0.1) is 18.9 Å². The lowest BCUT2D eigenvalue weighted by Crippen LogP contribution is -2.14. The van der Waals surface area contributed by atoms with Crippen LogP contribution in [0.1, 0.15) is 0 Å². The number of aromatic nitrogens is 2. The Morgan fingerprint density at radius 2 is 2.00 bits per heavy atom. The molecule has 0 saturated carbocycles. The zero-order chi connectivity index (χ0) is 18.5. The maximum absolute atomic E-state index is 12.6. The molecule has 7 heteroatoms. The number of ether oxygens (including phenoxy) is 2. The van der Waals surface area contributed by atoms with Crippen molar-refractivity contribution < 1.29 is 18.3 Å². The number of thiazole rings is 1. The first-order valence-corrected chi connectivity index (χ1v) is 9.12. The summed E-state index contributed by atoms with van der Waals surface area (Å²) in [7, 11) is 3.21. The molecule has 3 heterocycles. The number of nitrogens with one attached hydrogen (secondary N) is 1. The van der Waals surface area contributed by atoms with E-state index in [2.05, 4.69) is 4.98 Å². The fourth-order valence-corrected chi connectivity index (χ4v) is 4.32. The molecule has 0 fully saturated rings. The van der Waals surface area contributed by atoms with Gasteiger partial charge in [0.1, 0.15) is 17.5 Å². The minimum atomic E-state index is -0.410. The molecule has 27 heavy (non-hydrogen) atoms. The Bertz CT molecular complexity index is 1380. The summed E-state index contributed by atoms with van der Waals surface area (Å²) in [5, 5.41) is 0.807. The second-order valence-electron chi connectivity index (χ2n) is 6.10. The third kappa shape index (κ3) is 2.39. The van der Waals surface area contributed by atoms with E-state index >= 15 is 0 Å². The van der Waals surface area contributed by atoms with Crippen LogP contribution in [0.25, 0.3) is 37.4 Å². The summed E-state index contributed by atoms with van der Waals surface area (Å²) < 4.78 is 19.2. The summed E-state index contributed by atoms with van der Waals surface area (Å²) in [6.45, 7) is 0. The third-order valence-electron chi connectivity index (χ3n) is 4.59. The number of nitrogens with zero attached hydrogens (tertiary/aromatic N) is 1. The number of methoxy groups -OCH3 is 2. The van der Waals surface area contributed by atoms with Gasteiger partial charge in [0.2, 0.25) is 0 Å². The van der Waals surface area contributed by atoms with E-state index in [1.807, 2.05) is 47.0 Å². The maximum atomic E-state index is 12.6. The van der Waals surface area contributed by atoms with Crippen LogP contribution in [0.4, 0.5) is 0 Å². The van der Waals surface area contributed by atoms with Crippen molar-refractivity contribution in [3.8, 4) is 22.8 Å². The summed E-state index contributed by atoms with van der Waals surface area (Å²) in [5.74, 6) is 1.36. The van der Waals surface area contributed by atoms with Gasteiger partial charge in [0, 0.05) is 11.5 Å². The minimum absolute atomic E-state index is 0.410. The Hall–Kier alpha value is -3.32. The molecule has 0 spiro atoms. The normalized spacial score (nSPS) is 11.5. The van der Waals surface area contributed by atoms with Crippen LogP contribution in [0.15, 0.2) is 57.9 Å². The predicted molar refractivity (Wildman–Crippen MR) is 104 cm³/mol. The number of H-pyrrole nitrogens is 1. The Labute approximate surface area is 157 Å². The highest BCUT2D eigenvalue weighted by Crippen LogP contribution is 2.29. The number of hydrogen-bond acceptors (Lipinski definition) is 5. The largest absolute Gasteiger partial charge is 0.497 e. The van der Waals surface area contributed by atoms with E-state index < -0.39 is 5.63 Å². The minimum Gasteiger partial charge on any atom is -0.497 e. The predicted octanol–water partition coefficient (Wildman–Crippen LogP) is 3.76. The molecule has 5 aromatic rings. The molecule has 0 bridgehead atoms. The van der Waals surface area contributed by atoms with E-state index in [1.54, 1.807) is 31.6 Å². The third-order valence-corrected chi connectivity index (χ3v) is 5.62. The lowest BCUT2D eigenvalue weighted by Gasteiger charge is -2.03. The standard InChI is InChI=1S/C20H14N2O4S/c1-24-12-6-7-15-17(9-12)27-20-21-14(10-22(15)20)13-8-11-4-3-5-16(25-2)18(11)26-19(13)23/h3-10H,1-2H3/p+1. The molecule has 0 radical (unpaired) electrons. The van der Waals surface area contributed by atoms with Crippen molar-refractivity contribution in [3.05, 3.63) is 59.1 Å². The molecule has 6 nitrogen and oxygen atoms in total. The van der Waals surface area contributed by atoms with Crippen molar-refractivity contribution in [2.75, 3.05) is 14.2 Å². The molecule has 3 aromatic heterocycles. The monoisotopic (exact) mass is 379 g/mol. The molecule has 2 aromatic carbocycles. The zero-order valence-corrected chi connectivity index (χ0v) is 15.4. The number of hydrogen-bond donors (Lipinski definition) is 1. The van der Waals surface area contributed by atoms with Crippen molar-refractivity contribution in [1.29, 1.82) is 0 Å². The van der Waals surface area contributed by atoms with Crippen LogP contribution >= 0.6 is 11.3 Å². The highest BCUT2D eigenvalue weighted by Gasteiger charge is 2.21. The van der Waals surface area contributed by atoms with E-state index in [0.29, 0.717) is 22.6 Å². The average Bonchev–Trinajstić information content (AvgIpc) is 3.24. The van der Waals surface area contributed by atoms with Crippen molar-refractivity contribution in [3.63, 3.8) is 0 Å². The van der Waals surface area contributed by atoms with Crippen molar-refractivity contribution >= 4 is 37.5 Å². The van der Waals surface area contributed by atoms with E-state index in [4.69, 9.17) is 13.9 Å². The zero-order valence-electron chi connectivity index (χ0n) is 14.6. The summed E-state index contributed by atoms with van der Waals surface area (Å²) in [6, 6.07) is 13.3. The molecule has 0 atom stereocenters. The van der Waals surface area contributed by atoms with Crippen LogP contribution in [0.2, 0.25) is 0 Å². The lowest BCUT2D eigenvalue weighted by molar-refractivity contribution is -0.475. The molecule has 1 N–H and O–H groups in total. The summed E-state index contributed by atoms with van der Waals surface area (Å²) >= 11 is 1.60. The summed E-state index contributed by atoms with van der Waals surface area (Å²) in [4.78, 5) is 16.8. The number of para-hydroxylation sites is 1. The molecule has 0 saturated heterocycles. The Kier molecular flexibility index (Phi) is 3.45. The van der Waals surface area contributed by atoms with Crippen LogP contribution in [0, 0.1) is 0 Å². The number of aromatic amines is 1. The van der Waals surface area contributed by atoms with E-state index in [-0.39, 0.29) is 0 Å². The maximum Gasteiger partial charge on any atom is 0.348 e. The number of imidazole rings is 1. The van der Waals surface area contributed by atoms with Crippen molar-refractivity contribution in [2.24, 2.45) is 0 Å². The van der Waals surface area contributed by atoms with Gasteiger partial charge < -0.3 is 13.9 Å². The quantitative estimate of drug-likeness (QED) is 0.383. The molecular weight excluding hydrogens is 364 g/mol. The molecule has 0 aliphatic rings. The topological polar surface area (TPSA) is 68.6 Å². The highest BCUT2D eigenvalue weighted by molar-refractivity contribution is 7.22. The molecule has 5 rings (SSSR count). The van der Waals surface area contributed by atoms with Gasteiger partial charge in [-0.05, 0) is 35.6 Å². The van der Waals surface area contributed by atoms with Gasteiger partial charge in [-0.1, -0.05) is 12.1 Å². The van der Waals surface area contributed by atoms with Gasteiger partial charge in [-0.2, -0.15) is 4.40 Å². The van der Waals surface area contributed by atoms with Crippen LogP contribution in [0.3, 0.4) is 0 Å². The summed E-state index contributed by atoms with van der Waals surface area (Å²) in [5.41, 5.74) is 2.27. The second-order valence-corrected chi connectivity index (χ2v) is 7.14. The Morgan fingerprint density at radius 1 is 1.11 bits per heavy atom. The van der Waals surface area contributed by atoms with Gasteiger partial charge in [0.15, 0.2) is 22.5 Å². The first-order chi connectivity index (χ1) is 13.2. The van der Waals surface area contributed by atoms with E-state index in [9.17, 15) is 4.79 Å². The average molecular weight is 379 g/mol. The number of rotatable bonds is 3.